The summed E-state index contributed by atoms with van der Waals surface area (Å²) >= 11 is 0. The lowest BCUT2D eigenvalue weighted by Gasteiger charge is -2.33. The minimum Gasteiger partial charge on any atom is -0.353 e. The minimum absolute atomic E-state index is 0.00876. The molecule has 1 fully saturated rings. The highest BCUT2D eigenvalue weighted by Crippen LogP contribution is 2.24. The molecule has 0 aliphatic carbocycles. The fourth-order valence-corrected chi connectivity index (χ4v) is 4.94. The Morgan fingerprint density at radius 2 is 1.89 bits per heavy atom. The first-order valence-corrected chi connectivity index (χ1v) is 12.9. The summed E-state index contributed by atoms with van der Waals surface area (Å²) in [4.78, 5) is 29.8. The number of hydrogen-bond acceptors (Lipinski definition) is 7. The number of nitrogens with one attached hydrogen (secondary N) is 3. The van der Waals surface area contributed by atoms with Gasteiger partial charge < -0.3 is 15.5 Å². The Morgan fingerprint density at radius 1 is 1.11 bits per heavy atom. The van der Waals surface area contributed by atoms with Crippen molar-refractivity contribution in [1.29, 1.82) is 0 Å². The number of amides is 1. The number of piperidine rings is 1. The summed E-state index contributed by atoms with van der Waals surface area (Å²) in [5.74, 6) is 1.24. The number of benzene rings is 1. The van der Waals surface area contributed by atoms with Gasteiger partial charge in [0.1, 0.15) is 5.69 Å². The van der Waals surface area contributed by atoms with E-state index < -0.39 is 0 Å². The van der Waals surface area contributed by atoms with E-state index in [1.807, 2.05) is 35.0 Å². The second-order valence-electron chi connectivity index (χ2n) is 11.2. The van der Waals surface area contributed by atoms with Crippen LogP contribution in [0.1, 0.15) is 55.2 Å². The van der Waals surface area contributed by atoms with Crippen LogP contribution < -0.4 is 21.1 Å². The lowest BCUT2D eigenvalue weighted by Crippen LogP contribution is -2.48. The molecule has 2 aliphatic heterocycles. The molecule has 10 nitrogen and oxygen atoms in total. The second kappa shape index (κ2) is 10.0. The number of anilines is 3. The number of hydrogen-bond donors (Lipinski definition) is 3. The first kappa shape index (κ1) is 25.0. The van der Waals surface area contributed by atoms with Crippen LogP contribution in [0.25, 0.3) is 0 Å². The molecule has 0 radical (unpaired) electrons. The molecule has 2 aliphatic rings. The molecule has 1 atom stereocenters. The summed E-state index contributed by atoms with van der Waals surface area (Å²) in [7, 11) is 2.08. The van der Waals surface area contributed by atoms with E-state index in [2.05, 4.69) is 63.5 Å². The molecule has 1 amide bonds. The van der Waals surface area contributed by atoms with E-state index in [9.17, 15) is 9.59 Å². The SMILES string of the molecule is CN1CCn2nc(Nc3cc(N4CCC[C@@H](NC(=O)c5ccc(C(C)(C)C)cc5)C4)n[nH]c3=O)cc2C1. The van der Waals surface area contributed by atoms with Crippen LogP contribution in [0, 0.1) is 0 Å². The van der Waals surface area contributed by atoms with Gasteiger partial charge in [-0.2, -0.15) is 10.2 Å². The molecule has 3 N–H and O–H groups in total. The zero-order chi connectivity index (χ0) is 26.2. The van der Waals surface area contributed by atoms with Gasteiger partial charge in [-0.15, -0.1) is 0 Å². The highest BCUT2D eigenvalue weighted by Gasteiger charge is 2.24. The van der Waals surface area contributed by atoms with Gasteiger partial charge in [0.05, 0.1) is 12.2 Å². The standard InChI is InChI=1S/C27H36N8O2/c1-27(2,3)19-9-7-18(8-10-19)25(36)28-20-6-5-11-34(16-20)24-15-22(26(37)31-30-24)29-23-14-21-17-33(4)12-13-35(21)32-23/h7-10,14-15,20H,5-6,11-13,16-17H2,1-4H3,(H,28,36)(H,31,37)(H,29,30,32)/t20-/m1/s1. The van der Waals surface area contributed by atoms with Gasteiger partial charge in [-0.3, -0.25) is 19.2 Å². The van der Waals surface area contributed by atoms with Crippen LogP contribution in [0.4, 0.5) is 17.3 Å². The minimum atomic E-state index is -0.299. The van der Waals surface area contributed by atoms with Gasteiger partial charge in [-0.25, -0.2) is 5.10 Å². The summed E-state index contributed by atoms with van der Waals surface area (Å²) in [5, 5.41) is 17.9. The summed E-state index contributed by atoms with van der Waals surface area (Å²) in [5.41, 5.74) is 3.12. The maximum atomic E-state index is 12.9. The van der Waals surface area contributed by atoms with Crippen LogP contribution in [0.3, 0.4) is 0 Å². The van der Waals surface area contributed by atoms with Crippen LogP contribution in [0.5, 0.6) is 0 Å². The molecule has 4 heterocycles. The zero-order valence-corrected chi connectivity index (χ0v) is 22.0. The van der Waals surface area contributed by atoms with Gasteiger partial charge in [-0.1, -0.05) is 32.9 Å². The van der Waals surface area contributed by atoms with E-state index in [1.165, 1.54) is 5.56 Å². The van der Waals surface area contributed by atoms with Gasteiger partial charge >= 0.3 is 0 Å². The number of aromatic nitrogens is 4. The number of likely N-dealkylation sites (N-methyl/N-ethyl adjacent to an activating group) is 1. The lowest BCUT2D eigenvalue weighted by molar-refractivity contribution is 0.0933. The van der Waals surface area contributed by atoms with Crippen molar-refractivity contribution in [2.24, 2.45) is 0 Å². The predicted molar refractivity (Wildman–Crippen MR) is 145 cm³/mol. The van der Waals surface area contributed by atoms with Crippen molar-refractivity contribution in [3.8, 4) is 0 Å². The van der Waals surface area contributed by atoms with Crippen LogP contribution in [0.15, 0.2) is 41.2 Å². The van der Waals surface area contributed by atoms with Crippen LogP contribution in [0.2, 0.25) is 0 Å². The lowest BCUT2D eigenvalue weighted by atomic mass is 9.86. The van der Waals surface area contributed by atoms with Crippen molar-refractivity contribution in [2.75, 3.05) is 36.9 Å². The molecule has 1 aromatic carbocycles. The Hall–Kier alpha value is -3.66. The Kier molecular flexibility index (Phi) is 6.76. The third-order valence-corrected chi connectivity index (χ3v) is 7.14. The molecule has 1 saturated heterocycles. The van der Waals surface area contributed by atoms with Gasteiger partial charge in [0.15, 0.2) is 11.6 Å². The monoisotopic (exact) mass is 504 g/mol. The molecule has 5 rings (SSSR count). The normalized spacial score (nSPS) is 18.4. The van der Waals surface area contributed by atoms with Crippen LogP contribution in [-0.4, -0.2) is 63.5 Å². The first-order chi connectivity index (χ1) is 17.7. The fourth-order valence-electron chi connectivity index (χ4n) is 4.94. The molecular formula is C27H36N8O2. The van der Waals surface area contributed by atoms with Crippen molar-refractivity contribution < 1.29 is 4.79 Å². The van der Waals surface area contributed by atoms with Gasteiger partial charge in [0.2, 0.25) is 0 Å². The summed E-state index contributed by atoms with van der Waals surface area (Å²) in [6.07, 6.45) is 1.81. The van der Waals surface area contributed by atoms with Crippen LogP contribution in [-0.2, 0) is 18.5 Å². The van der Waals surface area contributed by atoms with Crippen molar-refractivity contribution in [1.82, 2.24) is 30.2 Å². The topological polar surface area (TPSA) is 111 Å². The summed E-state index contributed by atoms with van der Waals surface area (Å²) in [6, 6.07) is 11.6. The molecule has 2 aromatic heterocycles. The maximum absolute atomic E-state index is 12.9. The van der Waals surface area contributed by atoms with Crippen molar-refractivity contribution >= 4 is 23.2 Å². The molecule has 37 heavy (non-hydrogen) atoms. The molecule has 10 heteroatoms. The smallest absolute Gasteiger partial charge is 0.288 e. The Labute approximate surface area is 217 Å². The molecule has 0 bridgehead atoms. The number of fused-ring (bicyclic) bond motifs is 1. The van der Waals surface area contributed by atoms with Crippen LogP contribution >= 0.6 is 0 Å². The van der Waals surface area contributed by atoms with Crippen molar-refractivity contribution in [2.45, 2.75) is 58.2 Å². The van der Waals surface area contributed by atoms with E-state index in [0.717, 1.165) is 44.7 Å². The third kappa shape index (κ3) is 5.69. The highest BCUT2D eigenvalue weighted by atomic mass is 16.1. The number of carbonyl (C=O) groups is 1. The van der Waals surface area contributed by atoms with Crippen molar-refractivity contribution in [3.05, 3.63) is 63.6 Å². The van der Waals surface area contributed by atoms with E-state index in [-0.39, 0.29) is 22.9 Å². The number of carbonyl (C=O) groups excluding carboxylic acids is 1. The molecule has 3 aromatic rings. The average Bonchev–Trinajstić information content (AvgIpc) is 3.26. The first-order valence-electron chi connectivity index (χ1n) is 12.9. The number of rotatable bonds is 5. The maximum Gasteiger partial charge on any atom is 0.288 e. The molecule has 196 valence electrons. The third-order valence-electron chi connectivity index (χ3n) is 7.14. The quantitative estimate of drug-likeness (QED) is 0.490. The summed E-state index contributed by atoms with van der Waals surface area (Å²) in [6.45, 7) is 10.5. The number of H-pyrrole nitrogens is 1. The predicted octanol–water partition coefficient (Wildman–Crippen LogP) is 2.85. The summed E-state index contributed by atoms with van der Waals surface area (Å²) < 4.78 is 1.98. The van der Waals surface area contributed by atoms with E-state index in [1.54, 1.807) is 6.07 Å². The number of aromatic amines is 1. The number of nitrogens with zero attached hydrogens (tertiary/aromatic N) is 5. The average molecular weight is 505 g/mol. The zero-order valence-electron chi connectivity index (χ0n) is 22.0. The van der Waals surface area contributed by atoms with E-state index in [4.69, 9.17) is 0 Å². The van der Waals surface area contributed by atoms with E-state index >= 15 is 0 Å². The van der Waals surface area contributed by atoms with E-state index in [0.29, 0.717) is 29.4 Å². The largest absolute Gasteiger partial charge is 0.353 e. The fraction of sp³-hybridized carbons (Fsp3) is 0.481. The highest BCUT2D eigenvalue weighted by molar-refractivity contribution is 5.94. The van der Waals surface area contributed by atoms with Gasteiger partial charge in [-0.05, 0) is 43.0 Å². The molecule has 0 unspecified atom stereocenters. The Balaban J connectivity index is 1.25. The molecular weight excluding hydrogens is 468 g/mol. The second-order valence-corrected chi connectivity index (χ2v) is 11.2. The van der Waals surface area contributed by atoms with Gasteiger partial charge in [0, 0.05) is 49.9 Å². The Bertz CT molecular complexity index is 1320. The molecule has 0 saturated carbocycles. The van der Waals surface area contributed by atoms with Gasteiger partial charge in [0.25, 0.3) is 11.5 Å². The Morgan fingerprint density at radius 3 is 2.65 bits per heavy atom. The molecule has 0 spiro atoms. The van der Waals surface area contributed by atoms with Crippen molar-refractivity contribution in [3.63, 3.8) is 0 Å².